The molecule has 3 rings (SSSR count). The minimum absolute atomic E-state index is 0.00357. The standard InChI is InChI=1S/C19H25ClN4O2/c1-10-12(9-21)4-5-18(22-10)23-11(2)14-6-13-7-15(20)17(26-3)8-16(13)24-19(14)25/h4-5,11,13-17H,6-8H2,1-3H3,(H,22,23)(H,24,25). The lowest BCUT2D eigenvalue weighted by atomic mass is 9.73. The van der Waals surface area contributed by atoms with Crippen molar-refractivity contribution in [1.29, 1.82) is 5.26 Å². The Labute approximate surface area is 159 Å². The zero-order valence-corrected chi connectivity index (χ0v) is 16.1. The first kappa shape index (κ1) is 18.9. The molecule has 1 saturated heterocycles. The van der Waals surface area contributed by atoms with E-state index in [1.807, 2.05) is 6.92 Å². The van der Waals surface area contributed by atoms with Crippen LogP contribution in [0, 0.1) is 30.1 Å². The van der Waals surface area contributed by atoms with Crippen molar-refractivity contribution in [2.75, 3.05) is 12.4 Å². The summed E-state index contributed by atoms with van der Waals surface area (Å²) in [6.45, 7) is 3.81. The number of nitrogens with zero attached hydrogens (tertiary/aromatic N) is 2. The van der Waals surface area contributed by atoms with Crippen LogP contribution < -0.4 is 10.6 Å². The molecule has 0 spiro atoms. The van der Waals surface area contributed by atoms with Gasteiger partial charge >= 0.3 is 0 Å². The number of aromatic nitrogens is 1. The zero-order valence-electron chi connectivity index (χ0n) is 15.3. The van der Waals surface area contributed by atoms with Crippen LogP contribution in [0.3, 0.4) is 0 Å². The molecule has 0 aromatic carbocycles. The Bertz CT molecular complexity index is 720. The highest BCUT2D eigenvalue weighted by Crippen LogP contribution is 2.38. The highest BCUT2D eigenvalue weighted by molar-refractivity contribution is 6.21. The van der Waals surface area contributed by atoms with Crippen LogP contribution in [0.2, 0.25) is 0 Å². The maximum absolute atomic E-state index is 12.6. The fourth-order valence-corrected chi connectivity index (χ4v) is 4.56. The molecule has 1 amide bonds. The molecule has 0 radical (unpaired) electrons. The van der Waals surface area contributed by atoms with Gasteiger partial charge < -0.3 is 15.4 Å². The Morgan fingerprint density at radius 1 is 1.42 bits per heavy atom. The van der Waals surface area contributed by atoms with Gasteiger partial charge in [-0.1, -0.05) is 0 Å². The number of aryl methyl sites for hydroxylation is 1. The molecule has 1 aliphatic heterocycles. The Kier molecular flexibility index (Phi) is 5.69. The molecule has 2 aliphatic rings. The molecule has 26 heavy (non-hydrogen) atoms. The van der Waals surface area contributed by atoms with E-state index >= 15 is 0 Å². The maximum Gasteiger partial charge on any atom is 0.225 e. The van der Waals surface area contributed by atoms with Crippen molar-refractivity contribution in [3.05, 3.63) is 23.4 Å². The number of amides is 1. The molecule has 140 valence electrons. The number of methoxy groups -OCH3 is 1. The number of rotatable bonds is 4. The van der Waals surface area contributed by atoms with Gasteiger partial charge in [0.05, 0.1) is 28.7 Å². The number of halogens is 1. The first-order valence-corrected chi connectivity index (χ1v) is 9.48. The second kappa shape index (κ2) is 7.81. The van der Waals surface area contributed by atoms with Crippen LogP contribution in [-0.4, -0.2) is 41.6 Å². The van der Waals surface area contributed by atoms with Crippen LogP contribution >= 0.6 is 11.6 Å². The number of ether oxygens (including phenoxy) is 1. The van der Waals surface area contributed by atoms with E-state index in [4.69, 9.17) is 21.6 Å². The number of nitriles is 1. The van der Waals surface area contributed by atoms with Gasteiger partial charge in [-0.05, 0) is 51.2 Å². The monoisotopic (exact) mass is 376 g/mol. The molecule has 7 heteroatoms. The van der Waals surface area contributed by atoms with Gasteiger partial charge in [-0.25, -0.2) is 4.98 Å². The fraction of sp³-hybridized carbons (Fsp3) is 0.632. The van der Waals surface area contributed by atoms with Gasteiger partial charge in [0, 0.05) is 19.2 Å². The fourth-order valence-electron chi connectivity index (χ4n) is 4.12. The molecule has 2 fully saturated rings. The molecule has 1 saturated carbocycles. The van der Waals surface area contributed by atoms with E-state index in [1.165, 1.54) is 0 Å². The van der Waals surface area contributed by atoms with E-state index in [0.29, 0.717) is 23.0 Å². The lowest BCUT2D eigenvalue weighted by Crippen LogP contribution is -2.57. The smallest absolute Gasteiger partial charge is 0.225 e. The largest absolute Gasteiger partial charge is 0.380 e. The van der Waals surface area contributed by atoms with Gasteiger partial charge in [0.15, 0.2) is 0 Å². The van der Waals surface area contributed by atoms with Crippen molar-refractivity contribution in [2.24, 2.45) is 11.8 Å². The SMILES string of the molecule is COC1CC2NC(=O)C(C(C)Nc3ccc(C#N)c(C)n3)CC2CC1Cl. The number of carbonyl (C=O) groups is 1. The number of hydrogen-bond acceptors (Lipinski definition) is 5. The summed E-state index contributed by atoms with van der Waals surface area (Å²) in [5.74, 6) is 0.977. The average molecular weight is 377 g/mol. The Morgan fingerprint density at radius 2 is 2.19 bits per heavy atom. The van der Waals surface area contributed by atoms with E-state index in [9.17, 15) is 4.79 Å². The second-order valence-corrected chi connectivity index (χ2v) is 7.91. The van der Waals surface area contributed by atoms with Crippen LogP contribution in [0.15, 0.2) is 12.1 Å². The van der Waals surface area contributed by atoms with Crippen LogP contribution in [0.25, 0.3) is 0 Å². The Morgan fingerprint density at radius 3 is 2.85 bits per heavy atom. The van der Waals surface area contributed by atoms with Gasteiger partial charge in [0.1, 0.15) is 11.9 Å². The van der Waals surface area contributed by atoms with E-state index in [-0.39, 0.29) is 35.4 Å². The van der Waals surface area contributed by atoms with Crippen LogP contribution in [0.1, 0.15) is 37.4 Å². The highest BCUT2D eigenvalue weighted by Gasteiger charge is 2.44. The number of fused-ring (bicyclic) bond motifs is 1. The van der Waals surface area contributed by atoms with Crippen molar-refractivity contribution in [3.8, 4) is 6.07 Å². The van der Waals surface area contributed by atoms with Gasteiger partial charge in [-0.3, -0.25) is 4.79 Å². The Hall–Kier alpha value is -1.84. The molecule has 1 aliphatic carbocycles. The number of pyridine rings is 1. The number of piperidine rings is 1. The molecular formula is C19H25ClN4O2. The summed E-state index contributed by atoms with van der Waals surface area (Å²) in [6, 6.07) is 5.72. The number of alkyl halides is 1. The predicted molar refractivity (Wildman–Crippen MR) is 100.0 cm³/mol. The van der Waals surface area contributed by atoms with Crippen molar-refractivity contribution in [1.82, 2.24) is 10.3 Å². The number of carbonyl (C=O) groups excluding carboxylic acids is 1. The summed E-state index contributed by atoms with van der Waals surface area (Å²) in [4.78, 5) is 17.1. The summed E-state index contributed by atoms with van der Waals surface area (Å²) < 4.78 is 5.44. The molecule has 6 nitrogen and oxygen atoms in total. The third kappa shape index (κ3) is 3.79. The lowest BCUT2D eigenvalue weighted by molar-refractivity contribution is -0.131. The molecule has 0 bridgehead atoms. The first-order chi connectivity index (χ1) is 12.4. The van der Waals surface area contributed by atoms with E-state index in [1.54, 1.807) is 26.2 Å². The lowest BCUT2D eigenvalue weighted by Gasteiger charge is -2.44. The summed E-state index contributed by atoms with van der Waals surface area (Å²) in [6.07, 6.45) is 2.42. The normalized spacial score (nSPS) is 32.1. The van der Waals surface area contributed by atoms with Crippen LogP contribution in [-0.2, 0) is 9.53 Å². The van der Waals surface area contributed by atoms with Gasteiger partial charge in [0.2, 0.25) is 5.91 Å². The minimum Gasteiger partial charge on any atom is -0.380 e. The highest BCUT2D eigenvalue weighted by atomic mass is 35.5. The number of nitrogens with one attached hydrogen (secondary N) is 2. The molecular weight excluding hydrogens is 352 g/mol. The van der Waals surface area contributed by atoms with Crippen molar-refractivity contribution in [2.45, 2.75) is 56.7 Å². The molecule has 2 heterocycles. The van der Waals surface area contributed by atoms with Crippen molar-refractivity contribution >= 4 is 23.3 Å². The van der Waals surface area contributed by atoms with E-state index in [0.717, 1.165) is 19.3 Å². The number of hydrogen-bond donors (Lipinski definition) is 2. The summed E-state index contributed by atoms with van der Waals surface area (Å²) >= 11 is 6.45. The van der Waals surface area contributed by atoms with Crippen molar-refractivity contribution < 1.29 is 9.53 Å². The maximum atomic E-state index is 12.6. The minimum atomic E-state index is -0.142. The van der Waals surface area contributed by atoms with E-state index < -0.39 is 0 Å². The third-order valence-corrected chi connectivity index (χ3v) is 6.16. The molecule has 1 aromatic rings. The Balaban J connectivity index is 1.67. The van der Waals surface area contributed by atoms with Gasteiger partial charge in [-0.2, -0.15) is 5.26 Å². The first-order valence-electron chi connectivity index (χ1n) is 9.04. The number of anilines is 1. The quantitative estimate of drug-likeness (QED) is 0.789. The van der Waals surface area contributed by atoms with Crippen LogP contribution in [0.5, 0.6) is 0 Å². The van der Waals surface area contributed by atoms with Crippen LogP contribution in [0.4, 0.5) is 5.82 Å². The molecule has 6 unspecified atom stereocenters. The molecule has 6 atom stereocenters. The van der Waals surface area contributed by atoms with Crippen molar-refractivity contribution in [3.63, 3.8) is 0 Å². The van der Waals surface area contributed by atoms with Gasteiger partial charge in [-0.15, -0.1) is 11.6 Å². The topological polar surface area (TPSA) is 87.0 Å². The second-order valence-electron chi connectivity index (χ2n) is 7.35. The zero-order chi connectivity index (χ0) is 18.8. The molecule has 1 aromatic heterocycles. The summed E-state index contributed by atoms with van der Waals surface area (Å²) in [5, 5.41) is 15.5. The van der Waals surface area contributed by atoms with E-state index in [2.05, 4.69) is 21.7 Å². The predicted octanol–water partition coefficient (Wildman–Crippen LogP) is 2.60. The average Bonchev–Trinajstić information content (AvgIpc) is 2.61. The molecule has 2 N–H and O–H groups in total. The van der Waals surface area contributed by atoms with Gasteiger partial charge in [0.25, 0.3) is 0 Å². The summed E-state index contributed by atoms with van der Waals surface area (Å²) in [5.41, 5.74) is 1.24. The third-order valence-electron chi connectivity index (χ3n) is 5.70. The summed E-state index contributed by atoms with van der Waals surface area (Å²) in [7, 11) is 1.67.